The molecule has 0 fully saturated rings. The second-order valence-corrected chi connectivity index (χ2v) is 3.93. The Kier molecular flexibility index (Phi) is 2.27. The molecule has 0 bridgehead atoms. The monoisotopic (exact) mass is 194 g/mol. The SMILES string of the molecule is CC(C(=O)O)C1CCCc2[nH]ncc21. The van der Waals surface area contributed by atoms with Crippen LogP contribution >= 0.6 is 0 Å². The molecule has 2 unspecified atom stereocenters. The van der Waals surface area contributed by atoms with Crippen molar-refractivity contribution in [2.75, 3.05) is 0 Å². The molecule has 0 aliphatic heterocycles. The molecule has 0 saturated heterocycles. The largest absolute Gasteiger partial charge is 0.481 e. The third-order valence-corrected chi connectivity index (χ3v) is 3.09. The first-order valence-electron chi connectivity index (χ1n) is 4.95. The molecule has 1 aliphatic rings. The Hall–Kier alpha value is -1.32. The maximum absolute atomic E-state index is 10.9. The Bertz CT molecular complexity index is 346. The highest BCUT2D eigenvalue weighted by molar-refractivity contribution is 5.71. The number of aromatic nitrogens is 2. The molecule has 4 heteroatoms. The molecule has 4 nitrogen and oxygen atoms in total. The van der Waals surface area contributed by atoms with Crippen LogP contribution in [-0.2, 0) is 11.2 Å². The second kappa shape index (κ2) is 3.44. The Morgan fingerprint density at radius 3 is 3.29 bits per heavy atom. The Morgan fingerprint density at radius 2 is 2.57 bits per heavy atom. The van der Waals surface area contributed by atoms with Crippen molar-refractivity contribution in [3.8, 4) is 0 Å². The lowest BCUT2D eigenvalue weighted by Gasteiger charge is -2.24. The molecular formula is C10H14N2O2. The number of aromatic amines is 1. The summed E-state index contributed by atoms with van der Waals surface area (Å²) in [5.41, 5.74) is 2.22. The Balaban J connectivity index is 2.28. The highest BCUT2D eigenvalue weighted by Crippen LogP contribution is 2.35. The number of H-pyrrole nitrogens is 1. The van der Waals surface area contributed by atoms with E-state index in [2.05, 4.69) is 10.2 Å². The van der Waals surface area contributed by atoms with E-state index in [9.17, 15) is 4.79 Å². The van der Waals surface area contributed by atoms with Crippen molar-refractivity contribution in [3.63, 3.8) is 0 Å². The summed E-state index contributed by atoms with van der Waals surface area (Å²) in [4.78, 5) is 10.9. The van der Waals surface area contributed by atoms with Crippen LogP contribution in [0.25, 0.3) is 0 Å². The van der Waals surface area contributed by atoms with Crippen LogP contribution in [0.2, 0.25) is 0 Å². The molecule has 0 aromatic carbocycles. The molecule has 0 spiro atoms. The summed E-state index contributed by atoms with van der Waals surface area (Å²) in [7, 11) is 0. The van der Waals surface area contributed by atoms with E-state index in [1.807, 2.05) is 0 Å². The molecule has 1 aliphatic carbocycles. The van der Waals surface area contributed by atoms with Crippen LogP contribution in [0.5, 0.6) is 0 Å². The molecule has 14 heavy (non-hydrogen) atoms. The van der Waals surface area contributed by atoms with Gasteiger partial charge in [-0.1, -0.05) is 6.92 Å². The van der Waals surface area contributed by atoms with Gasteiger partial charge < -0.3 is 5.11 Å². The van der Waals surface area contributed by atoms with E-state index >= 15 is 0 Å². The molecule has 0 amide bonds. The normalized spacial score (nSPS) is 22.8. The number of nitrogens with one attached hydrogen (secondary N) is 1. The van der Waals surface area contributed by atoms with Gasteiger partial charge in [0.15, 0.2) is 0 Å². The zero-order valence-corrected chi connectivity index (χ0v) is 8.16. The van der Waals surface area contributed by atoms with Crippen molar-refractivity contribution in [2.45, 2.75) is 32.1 Å². The molecule has 1 heterocycles. The number of hydrogen-bond acceptors (Lipinski definition) is 2. The number of aliphatic carboxylic acids is 1. The van der Waals surface area contributed by atoms with Gasteiger partial charge in [0.25, 0.3) is 0 Å². The van der Waals surface area contributed by atoms with Crippen molar-refractivity contribution >= 4 is 5.97 Å². The first-order chi connectivity index (χ1) is 6.70. The van der Waals surface area contributed by atoms with E-state index in [0.717, 1.165) is 30.5 Å². The van der Waals surface area contributed by atoms with Crippen molar-refractivity contribution in [2.24, 2.45) is 5.92 Å². The van der Waals surface area contributed by atoms with Crippen LogP contribution in [0.4, 0.5) is 0 Å². The Labute approximate surface area is 82.3 Å². The van der Waals surface area contributed by atoms with Gasteiger partial charge in [0.05, 0.1) is 12.1 Å². The standard InChI is InChI=1S/C10H14N2O2/c1-6(10(13)14)7-3-2-4-9-8(7)5-11-12-9/h5-7H,2-4H2,1H3,(H,11,12)(H,13,14). The van der Waals surface area contributed by atoms with Gasteiger partial charge in [-0.15, -0.1) is 0 Å². The molecule has 0 saturated carbocycles. The quantitative estimate of drug-likeness (QED) is 0.750. The number of carbonyl (C=O) groups is 1. The fraction of sp³-hybridized carbons (Fsp3) is 0.600. The minimum atomic E-state index is -0.718. The zero-order chi connectivity index (χ0) is 10.1. The lowest BCUT2D eigenvalue weighted by atomic mass is 9.79. The van der Waals surface area contributed by atoms with E-state index in [1.165, 1.54) is 0 Å². The molecule has 1 aromatic rings. The lowest BCUT2D eigenvalue weighted by Crippen LogP contribution is -2.22. The lowest BCUT2D eigenvalue weighted by molar-refractivity contribution is -0.142. The Morgan fingerprint density at radius 1 is 1.79 bits per heavy atom. The third kappa shape index (κ3) is 1.41. The van der Waals surface area contributed by atoms with Crippen LogP contribution < -0.4 is 0 Å². The predicted molar refractivity (Wildman–Crippen MR) is 51.1 cm³/mol. The number of rotatable bonds is 2. The number of nitrogens with zero attached hydrogens (tertiary/aromatic N) is 1. The van der Waals surface area contributed by atoms with Crippen molar-refractivity contribution in [1.82, 2.24) is 10.2 Å². The number of aryl methyl sites for hydroxylation is 1. The van der Waals surface area contributed by atoms with Crippen LogP contribution in [0.1, 0.15) is 36.9 Å². The molecule has 1 aromatic heterocycles. The van der Waals surface area contributed by atoms with Gasteiger partial charge in [-0.3, -0.25) is 9.89 Å². The fourth-order valence-corrected chi connectivity index (χ4v) is 2.19. The predicted octanol–water partition coefficient (Wildman–Crippen LogP) is 1.55. The van der Waals surface area contributed by atoms with Crippen LogP contribution in [0.3, 0.4) is 0 Å². The summed E-state index contributed by atoms with van der Waals surface area (Å²) in [6, 6.07) is 0. The summed E-state index contributed by atoms with van der Waals surface area (Å²) in [6.07, 6.45) is 4.79. The van der Waals surface area contributed by atoms with Crippen molar-refractivity contribution in [3.05, 3.63) is 17.5 Å². The summed E-state index contributed by atoms with van der Waals surface area (Å²) in [6.45, 7) is 1.77. The smallest absolute Gasteiger partial charge is 0.306 e. The summed E-state index contributed by atoms with van der Waals surface area (Å²) in [5, 5.41) is 15.9. The van der Waals surface area contributed by atoms with Crippen molar-refractivity contribution < 1.29 is 9.90 Å². The second-order valence-electron chi connectivity index (χ2n) is 3.93. The van der Waals surface area contributed by atoms with Crippen LogP contribution in [0, 0.1) is 5.92 Å². The van der Waals surface area contributed by atoms with E-state index in [1.54, 1.807) is 13.1 Å². The summed E-state index contributed by atoms with van der Waals surface area (Å²) < 4.78 is 0. The average molecular weight is 194 g/mol. The zero-order valence-electron chi connectivity index (χ0n) is 8.16. The molecular weight excluding hydrogens is 180 g/mol. The summed E-state index contributed by atoms with van der Waals surface area (Å²) >= 11 is 0. The van der Waals surface area contributed by atoms with E-state index in [4.69, 9.17) is 5.11 Å². The first-order valence-corrected chi connectivity index (χ1v) is 4.95. The van der Waals surface area contributed by atoms with Crippen LogP contribution in [0.15, 0.2) is 6.20 Å². The number of carboxylic acid groups (broad SMARTS) is 1. The molecule has 2 N–H and O–H groups in total. The highest BCUT2D eigenvalue weighted by Gasteiger charge is 2.30. The minimum absolute atomic E-state index is 0.134. The summed E-state index contributed by atoms with van der Waals surface area (Å²) in [5.74, 6) is -0.898. The topological polar surface area (TPSA) is 66.0 Å². The van der Waals surface area contributed by atoms with Gasteiger partial charge in [-0.05, 0) is 24.8 Å². The van der Waals surface area contributed by atoms with Gasteiger partial charge >= 0.3 is 5.97 Å². The van der Waals surface area contributed by atoms with Crippen molar-refractivity contribution in [1.29, 1.82) is 0 Å². The van der Waals surface area contributed by atoms with E-state index in [-0.39, 0.29) is 11.8 Å². The van der Waals surface area contributed by atoms with Gasteiger partial charge in [0, 0.05) is 11.6 Å². The maximum atomic E-state index is 10.9. The van der Waals surface area contributed by atoms with E-state index < -0.39 is 5.97 Å². The molecule has 76 valence electrons. The van der Waals surface area contributed by atoms with Gasteiger partial charge in [0.1, 0.15) is 0 Å². The molecule has 0 radical (unpaired) electrons. The fourth-order valence-electron chi connectivity index (χ4n) is 2.19. The first kappa shape index (κ1) is 9.24. The number of carboxylic acids is 1. The van der Waals surface area contributed by atoms with E-state index in [0.29, 0.717) is 0 Å². The highest BCUT2D eigenvalue weighted by atomic mass is 16.4. The van der Waals surface area contributed by atoms with Gasteiger partial charge in [0.2, 0.25) is 0 Å². The molecule has 2 atom stereocenters. The maximum Gasteiger partial charge on any atom is 0.306 e. The minimum Gasteiger partial charge on any atom is -0.481 e. The van der Waals surface area contributed by atoms with Gasteiger partial charge in [-0.25, -0.2) is 0 Å². The average Bonchev–Trinajstić information content (AvgIpc) is 2.63. The molecule has 2 rings (SSSR count). The third-order valence-electron chi connectivity index (χ3n) is 3.09. The van der Waals surface area contributed by atoms with Crippen LogP contribution in [-0.4, -0.2) is 21.3 Å². The number of hydrogen-bond donors (Lipinski definition) is 2. The van der Waals surface area contributed by atoms with Gasteiger partial charge in [-0.2, -0.15) is 5.10 Å². The number of fused-ring (bicyclic) bond motifs is 1.